The lowest BCUT2D eigenvalue weighted by Gasteiger charge is -2.38. The average Bonchev–Trinajstić information content (AvgIpc) is 2.58. The molecule has 0 atom stereocenters. The van der Waals surface area contributed by atoms with Crippen LogP contribution in [0.5, 0.6) is 0 Å². The Bertz CT molecular complexity index is 853. The highest BCUT2D eigenvalue weighted by Gasteiger charge is 2.36. The number of carboxylic acid groups (broad SMARTS) is 1. The molecule has 6 heteroatoms. The molecule has 1 aliphatic heterocycles. The first-order chi connectivity index (χ1) is 11.9. The lowest BCUT2D eigenvalue weighted by Crippen LogP contribution is -2.41. The summed E-state index contributed by atoms with van der Waals surface area (Å²) in [6.07, 6.45) is 2.89. The van der Waals surface area contributed by atoms with Crippen LogP contribution in [0.3, 0.4) is 0 Å². The Morgan fingerprint density at radius 3 is 2.68 bits per heavy atom. The molecule has 132 valence electrons. The van der Waals surface area contributed by atoms with Gasteiger partial charge in [0, 0.05) is 31.4 Å². The van der Waals surface area contributed by atoms with E-state index in [1.54, 1.807) is 25.3 Å². The average molecular weight is 345 g/mol. The largest absolute Gasteiger partial charge is 0.477 e. The fraction of sp³-hybridized carbons (Fsp3) is 0.368. The maximum absolute atomic E-state index is 13.8. The molecular formula is C19H20FNO4. The first-order valence-corrected chi connectivity index (χ1v) is 8.20. The minimum Gasteiger partial charge on any atom is -0.477 e. The Morgan fingerprint density at radius 1 is 1.32 bits per heavy atom. The van der Waals surface area contributed by atoms with Gasteiger partial charge in [-0.15, -0.1) is 0 Å². The molecule has 0 unspecified atom stereocenters. The van der Waals surface area contributed by atoms with E-state index < -0.39 is 16.9 Å². The number of hydrogen-bond acceptors (Lipinski definition) is 3. The van der Waals surface area contributed by atoms with Crippen molar-refractivity contribution in [2.45, 2.75) is 31.7 Å². The second-order valence-electron chi connectivity index (χ2n) is 6.52. The summed E-state index contributed by atoms with van der Waals surface area (Å²) in [5.74, 6) is -1.56. The predicted molar refractivity (Wildman–Crippen MR) is 90.5 cm³/mol. The van der Waals surface area contributed by atoms with Crippen LogP contribution in [0, 0.1) is 12.7 Å². The van der Waals surface area contributed by atoms with Crippen LogP contribution >= 0.6 is 0 Å². The SMILES string of the molecule is Cc1ccn(CC2(c3cccc(F)c3)CCOCC2)c(=O)c1C(=O)O. The van der Waals surface area contributed by atoms with Crippen molar-refractivity contribution in [1.29, 1.82) is 0 Å². The van der Waals surface area contributed by atoms with Gasteiger partial charge in [-0.2, -0.15) is 0 Å². The van der Waals surface area contributed by atoms with Crippen LogP contribution in [0.4, 0.5) is 4.39 Å². The third-order valence-electron chi connectivity index (χ3n) is 4.95. The Labute approximate surface area is 144 Å². The van der Waals surface area contributed by atoms with Gasteiger partial charge in [-0.25, -0.2) is 9.18 Å². The number of halogens is 1. The molecule has 0 radical (unpaired) electrons. The van der Waals surface area contributed by atoms with Gasteiger partial charge in [0.25, 0.3) is 5.56 Å². The number of pyridine rings is 1. The summed E-state index contributed by atoms with van der Waals surface area (Å²) < 4.78 is 20.6. The number of nitrogens with zero attached hydrogens (tertiary/aromatic N) is 1. The van der Waals surface area contributed by atoms with E-state index in [0.717, 1.165) is 5.56 Å². The number of aromatic carboxylic acids is 1. The second kappa shape index (κ2) is 6.80. The lowest BCUT2D eigenvalue weighted by molar-refractivity contribution is 0.0428. The number of rotatable bonds is 4. The molecule has 1 aromatic heterocycles. The minimum absolute atomic E-state index is 0.219. The standard InChI is InChI=1S/C19H20FNO4/c1-13-5-8-21(17(22)16(13)18(23)24)12-19(6-9-25-10-7-19)14-3-2-4-15(20)11-14/h2-5,8,11H,6-7,9-10,12H2,1H3,(H,23,24). The molecule has 1 N–H and O–H groups in total. The molecule has 25 heavy (non-hydrogen) atoms. The Morgan fingerprint density at radius 2 is 2.04 bits per heavy atom. The van der Waals surface area contributed by atoms with Crippen molar-refractivity contribution in [2.75, 3.05) is 13.2 Å². The van der Waals surface area contributed by atoms with Crippen molar-refractivity contribution < 1.29 is 19.0 Å². The quantitative estimate of drug-likeness (QED) is 0.925. The van der Waals surface area contributed by atoms with E-state index in [-0.39, 0.29) is 11.4 Å². The number of carboxylic acids is 1. The van der Waals surface area contributed by atoms with Crippen molar-refractivity contribution >= 4 is 5.97 Å². The van der Waals surface area contributed by atoms with E-state index in [1.807, 2.05) is 6.07 Å². The topological polar surface area (TPSA) is 68.5 Å². The zero-order valence-corrected chi connectivity index (χ0v) is 14.0. The van der Waals surface area contributed by atoms with Gasteiger partial charge in [0.15, 0.2) is 0 Å². The molecule has 1 aromatic carbocycles. The van der Waals surface area contributed by atoms with Crippen molar-refractivity contribution in [3.8, 4) is 0 Å². The van der Waals surface area contributed by atoms with Gasteiger partial charge < -0.3 is 14.4 Å². The van der Waals surface area contributed by atoms with E-state index in [9.17, 15) is 19.1 Å². The summed E-state index contributed by atoms with van der Waals surface area (Å²) in [6.45, 7) is 2.93. The number of benzene rings is 1. The maximum atomic E-state index is 13.8. The van der Waals surface area contributed by atoms with E-state index >= 15 is 0 Å². The van der Waals surface area contributed by atoms with Gasteiger partial charge >= 0.3 is 5.97 Å². The van der Waals surface area contributed by atoms with E-state index in [1.165, 1.54) is 16.7 Å². The number of ether oxygens (including phenoxy) is 1. The summed E-state index contributed by atoms with van der Waals surface area (Å²) in [5, 5.41) is 9.31. The van der Waals surface area contributed by atoms with Crippen LogP contribution in [0.1, 0.15) is 34.3 Å². The van der Waals surface area contributed by atoms with Gasteiger partial charge in [-0.3, -0.25) is 4.79 Å². The molecule has 5 nitrogen and oxygen atoms in total. The highest BCUT2D eigenvalue weighted by molar-refractivity contribution is 5.88. The van der Waals surface area contributed by atoms with Crippen molar-refractivity contribution in [3.63, 3.8) is 0 Å². The normalized spacial score (nSPS) is 16.6. The second-order valence-corrected chi connectivity index (χ2v) is 6.52. The fourth-order valence-electron chi connectivity index (χ4n) is 3.49. The molecular weight excluding hydrogens is 325 g/mol. The summed E-state index contributed by atoms with van der Waals surface area (Å²) in [6, 6.07) is 8.01. The summed E-state index contributed by atoms with van der Waals surface area (Å²) >= 11 is 0. The minimum atomic E-state index is -1.23. The molecule has 1 saturated heterocycles. The molecule has 0 bridgehead atoms. The molecule has 2 aromatic rings. The van der Waals surface area contributed by atoms with Gasteiger partial charge in [0.05, 0.1) is 0 Å². The highest BCUT2D eigenvalue weighted by Crippen LogP contribution is 2.36. The van der Waals surface area contributed by atoms with Crippen molar-refractivity contribution in [1.82, 2.24) is 4.57 Å². The Balaban J connectivity index is 2.07. The molecule has 2 heterocycles. The van der Waals surface area contributed by atoms with E-state index in [2.05, 4.69) is 0 Å². The van der Waals surface area contributed by atoms with E-state index in [0.29, 0.717) is 38.2 Å². The van der Waals surface area contributed by atoms with Crippen molar-refractivity contribution in [3.05, 3.63) is 69.4 Å². The first kappa shape index (κ1) is 17.4. The first-order valence-electron chi connectivity index (χ1n) is 8.20. The lowest BCUT2D eigenvalue weighted by atomic mass is 9.74. The maximum Gasteiger partial charge on any atom is 0.341 e. The number of aromatic nitrogens is 1. The Kier molecular flexibility index (Phi) is 4.72. The molecule has 1 fully saturated rings. The van der Waals surface area contributed by atoms with Crippen LogP contribution < -0.4 is 5.56 Å². The smallest absolute Gasteiger partial charge is 0.341 e. The highest BCUT2D eigenvalue weighted by atomic mass is 19.1. The molecule has 0 spiro atoms. The van der Waals surface area contributed by atoms with Crippen molar-refractivity contribution in [2.24, 2.45) is 0 Å². The van der Waals surface area contributed by atoms with E-state index in [4.69, 9.17) is 4.74 Å². The fourth-order valence-corrected chi connectivity index (χ4v) is 3.49. The van der Waals surface area contributed by atoms with Crippen LogP contribution in [0.2, 0.25) is 0 Å². The van der Waals surface area contributed by atoms with Gasteiger partial charge in [0.1, 0.15) is 11.4 Å². The molecule has 0 amide bonds. The van der Waals surface area contributed by atoms with Gasteiger partial charge in [-0.05, 0) is 49.1 Å². The summed E-state index contributed by atoms with van der Waals surface area (Å²) in [7, 11) is 0. The van der Waals surface area contributed by atoms with Crippen LogP contribution in [0.15, 0.2) is 41.3 Å². The van der Waals surface area contributed by atoms with Gasteiger partial charge in [-0.1, -0.05) is 12.1 Å². The zero-order chi connectivity index (χ0) is 18.0. The molecule has 0 saturated carbocycles. The third-order valence-corrected chi connectivity index (χ3v) is 4.95. The molecule has 1 aliphatic rings. The number of aryl methyl sites for hydroxylation is 1. The predicted octanol–water partition coefficient (Wildman–Crippen LogP) is 2.74. The number of hydrogen-bond donors (Lipinski definition) is 1. The number of carbonyl (C=O) groups is 1. The molecule has 0 aliphatic carbocycles. The van der Waals surface area contributed by atoms with Crippen LogP contribution in [-0.2, 0) is 16.7 Å². The Hall–Kier alpha value is -2.47. The zero-order valence-electron chi connectivity index (χ0n) is 14.0. The molecule has 3 rings (SSSR count). The summed E-state index contributed by atoms with van der Waals surface area (Å²) in [4.78, 5) is 24.0. The van der Waals surface area contributed by atoms with Gasteiger partial charge in [0.2, 0.25) is 0 Å². The summed E-state index contributed by atoms with van der Waals surface area (Å²) in [5.41, 5.74) is 0.0225. The van der Waals surface area contributed by atoms with Crippen LogP contribution in [-0.4, -0.2) is 28.9 Å². The monoisotopic (exact) mass is 345 g/mol. The van der Waals surface area contributed by atoms with Crippen LogP contribution in [0.25, 0.3) is 0 Å². The third kappa shape index (κ3) is 3.35.